The van der Waals surface area contributed by atoms with Crippen LogP contribution in [0.2, 0.25) is 0 Å². The maximum Gasteiger partial charge on any atom is 0.255 e. The zero-order chi connectivity index (χ0) is 14.4. The molecule has 0 aliphatic heterocycles. The second-order valence-electron chi connectivity index (χ2n) is 4.35. The van der Waals surface area contributed by atoms with E-state index < -0.39 is 6.10 Å². The summed E-state index contributed by atoms with van der Waals surface area (Å²) in [4.78, 5) is 19.9. The van der Waals surface area contributed by atoms with Crippen LogP contribution in [-0.4, -0.2) is 33.6 Å². The van der Waals surface area contributed by atoms with Crippen molar-refractivity contribution < 1.29 is 9.90 Å². The summed E-state index contributed by atoms with van der Waals surface area (Å²) in [5.41, 5.74) is 1.14. The van der Waals surface area contributed by atoms with Gasteiger partial charge in [0.25, 0.3) is 5.91 Å². The van der Waals surface area contributed by atoms with Crippen molar-refractivity contribution in [2.45, 2.75) is 13.0 Å². The highest BCUT2D eigenvalue weighted by Gasteiger charge is 2.05. The molecule has 20 heavy (non-hydrogen) atoms. The average molecular weight is 272 g/mol. The highest BCUT2D eigenvalue weighted by Crippen LogP contribution is 2.11. The quantitative estimate of drug-likeness (QED) is 0.768. The van der Waals surface area contributed by atoms with E-state index in [-0.39, 0.29) is 5.91 Å². The minimum Gasteiger partial charge on any atom is -0.392 e. The molecular weight excluding hydrogens is 256 g/mol. The molecule has 6 heteroatoms. The van der Waals surface area contributed by atoms with Gasteiger partial charge in [-0.2, -0.15) is 0 Å². The smallest absolute Gasteiger partial charge is 0.255 e. The van der Waals surface area contributed by atoms with Gasteiger partial charge in [0, 0.05) is 24.5 Å². The van der Waals surface area contributed by atoms with Crippen molar-refractivity contribution >= 4 is 17.4 Å². The van der Waals surface area contributed by atoms with Crippen LogP contribution in [0.15, 0.2) is 42.9 Å². The molecule has 0 aliphatic carbocycles. The predicted molar refractivity (Wildman–Crippen MR) is 76.6 cm³/mol. The molecule has 1 atom stereocenters. The van der Waals surface area contributed by atoms with Gasteiger partial charge in [0.15, 0.2) is 0 Å². The van der Waals surface area contributed by atoms with Gasteiger partial charge in [-0.3, -0.25) is 9.78 Å². The molecular formula is C14H16N4O2. The van der Waals surface area contributed by atoms with E-state index in [4.69, 9.17) is 5.11 Å². The van der Waals surface area contributed by atoms with Crippen molar-refractivity contribution in [3.8, 4) is 0 Å². The number of hydrogen-bond donors (Lipinski definition) is 3. The molecule has 0 aromatic carbocycles. The maximum absolute atomic E-state index is 11.9. The molecule has 6 nitrogen and oxygen atoms in total. The molecule has 2 aromatic heterocycles. The van der Waals surface area contributed by atoms with Gasteiger partial charge in [0.05, 0.1) is 18.0 Å². The van der Waals surface area contributed by atoms with Crippen LogP contribution < -0.4 is 10.6 Å². The number of hydrogen-bond acceptors (Lipinski definition) is 5. The zero-order valence-electron chi connectivity index (χ0n) is 11.1. The molecule has 0 fully saturated rings. The van der Waals surface area contributed by atoms with Crippen LogP contribution in [0.25, 0.3) is 0 Å². The molecule has 3 N–H and O–H groups in total. The Morgan fingerprint density at radius 3 is 2.65 bits per heavy atom. The van der Waals surface area contributed by atoms with Crippen molar-refractivity contribution in [3.05, 3.63) is 48.4 Å². The molecule has 0 saturated carbocycles. The summed E-state index contributed by atoms with van der Waals surface area (Å²) in [5.74, 6) is 0.437. The number of amides is 1. The van der Waals surface area contributed by atoms with E-state index in [2.05, 4.69) is 20.6 Å². The first-order chi connectivity index (χ1) is 9.65. The van der Waals surface area contributed by atoms with Crippen LogP contribution in [0.4, 0.5) is 11.5 Å². The third-order valence-electron chi connectivity index (χ3n) is 2.54. The Balaban J connectivity index is 1.95. The largest absolute Gasteiger partial charge is 0.392 e. The Morgan fingerprint density at radius 1 is 1.30 bits per heavy atom. The topological polar surface area (TPSA) is 87.1 Å². The van der Waals surface area contributed by atoms with Crippen LogP contribution in [-0.2, 0) is 0 Å². The Labute approximate surface area is 116 Å². The second kappa shape index (κ2) is 6.63. The van der Waals surface area contributed by atoms with Crippen LogP contribution in [0.1, 0.15) is 17.3 Å². The number of aromatic nitrogens is 2. The van der Waals surface area contributed by atoms with E-state index >= 15 is 0 Å². The van der Waals surface area contributed by atoms with Gasteiger partial charge >= 0.3 is 0 Å². The van der Waals surface area contributed by atoms with E-state index in [1.165, 1.54) is 0 Å². The lowest BCUT2D eigenvalue weighted by atomic mass is 10.2. The number of pyridine rings is 2. The van der Waals surface area contributed by atoms with Gasteiger partial charge in [-0.05, 0) is 31.2 Å². The first-order valence-corrected chi connectivity index (χ1v) is 6.24. The van der Waals surface area contributed by atoms with Gasteiger partial charge in [-0.1, -0.05) is 0 Å². The molecule has 2 aromatic rings. The summed E-state index contributed by atoms with van der Waals surface area (Å²) in [7, 11) is 0. The van der Waals surface area contributed by atoms with Crippen LogP contribution in [0.5, 0.6) is 0 Å². The van der Waals surface area contributed by atoms with Crippen molar-refractivity contribution in [1.82, 2.24) is 9.97 Å². The molecule has 1 unspecified atom stereocenters. The molecule has 0 aliphatic rings. The Bertz CT molecular complexity index is 555. The van der Waals surface area contributed by atoms with Crippen molar-refractivity contribution in [3.63, 3.8) is 0 Å². The summed E-state index contributed by atoms with van der Waals surface area (Å²) >= 11 is 0. The molecule has 0 saturated heterocycles. The molecule has 0 spiro atoms. The number of carbonyl (C=O) groups is 1. The van der Waals surface area contributed by atoms with Crippen molar-refractivity contribution in [2.24, 2.45) is 0 Å². The minimum atomic E-state index is -0.442. The normalized spacial score (nSPS) is 11.7. The number of carbonyl (C=O) groups excluding carboxylic acids is 1. The number of rotatable bonds is 5. The van der Waals surface area contributed by atoms with Gasteiger partial charge in [-0.15, -0.1) is 0 Å². The molecule has 2 rings (SSSR count). The SMILES string of the molecule is CC(O)CNc1ccc(NC(=O)c2ccncc2)cn1. The summed E-state index contributed by atoms with van der Waals surface area (Å²) in [5, 5.41) is 14.9. The third kappa shape index (κ3) is 4.03. The molecule has 1 amide bonds. The highest BCUT2D eigenvalue weighted by molar-refractivity contribution is 6.04. The van der Waals surface area contributed by atoms with Gasteiger partial charge in [-0.25, -0.2) is 4.98 Å². The van der Waals surface area contributed by atoms with Crippen LogP contribution >= 0.6 is 0 Å². The lowest BCUT2D eigenvalue weighted by Crippen LogP contribution is -2.16. The van der Waals surface area contributed by atoms with Crippen LogP contribution in [0.3, 0.4) is 0 Å². The average Bonchev–Trinajstić information content (AvgIpc) is 2.47. The summed E-state index contributed by atoms with van der Waals surface area (Å²) < 4.78 is 0. The summed E-state index contributed by atoms with van der Waals surface area (Å²) in [6.45, 7) is 2.12. The third-order valence-corrected chi connectivity index (χ3v) is 2.54. The maximum atomic E-state index is 11.9. The predicted octanol–water partition coefficient (Wildman–Crippen LogP) is 1.52. The molecule has 0 bridgehead atoms. The van der Waals surface area contributed by atoms with E-state index in [0.29, 0.717) is 23.6 Å². The highest BCUT2D eigenvalue weighted by atomic mass is 16.3. The van der Waals surface area contributed by atoms with E-state index in [0.717, 1.165) is 0 Å². The number of nitrogens with one attached hydrogen (secondary N) is 2. The standard InChI is InChI=1S/C14H16N4O2/c1-10(19)8-16-13-3-2-12(9-17-13)18-14(20)11-4-6-15-7-5-11/h2-7,9-10,19H,8H2,1H3,(H,16,17)(H,18,20). The summed E-state index contributed by atoms with van der Waals surface area (Å²) in [6, 6.07) is 6.77. The monoisotopic (exact) mass is 272 g/mol. The van der Waals surface area contributed by atoms with Gasteiger partial charge in [0.2, 0.25) is 0 Å². The fourth-order valence-corrected chi connectivity index (χ4v) is 1.53. The zero-order valence-corrected chi connectivity index (χ0v) is 11.1. The number of nitrogens with zero attached hydrogens (tertiary/aromatic N) is 2. The Hall–Kier alpha value is -2.47. The Kier molecular flexibility index (Phi) is 4.62. The fourth-order valence-electron chi connectivity index (χ4n) is 1.53. The number of anilines is 2. The first kappa shape index (κ1) is 14.0. The van der Waals surface area contributed by atoms with E-state index in [9.17, 15) is 4.79 Å². The van der Waals surface area contributed by atoms with Crippen LogP contribution in [0, 0.1) is 0 Å². The molecule has 104 valence electrons. The van der Waals surface area contributed by atoms with E-state index in [1.807, 2.05) is 0 Å². The first-order valence-electron chi connectivity index (χ1n) is 6.24. The second-order valence-corrected chi connectivity index (χ2v) is 4.35. The fraction of sp³-hybridized carbons (Fsp3) is 0.214. The minimum absolute atomic E-state index is 0.209. The lowest BCUT2D eigenvalue weighted by Gasteiger charge is -2.09. The van der Waals surface area contributed by atoms with Gasteiger partial charge < -0.3 is 15.7 Å². The molecule has 2 heterocycles. The number of aliphatic hydroxyl groups excluding tert-OH is 1. The lowest BCUT2D eigenvalue weighted by molar-refractivity contribution is 0.102. The van der Waals surface area contributed by atoms with E-state index in [1.54, 1.807) is 49.8 Å². The Morgan fingerprint density at radius 2 is 2.05 bits per heavy atom. The summed E-state index contributed by atoms with van der Waals surface area (Å²) in [6.07, 6.45) is 4.25. The van der Waals surface area contributed by atoms with Crippen molar-refractivity contribution in [1.29, 1.82) is 0 Å². The van der Waals surface area contributed by atoms with Gasteiger partial charge in [0.1, 0.15) is 5.82 Å². The number of aliphatic hydroxyl groups is 1. The van der Waals surface area contributed by atoms with Crippen molar-refractivity contribution in [2.75, 3.05) is 17.2 Å². The molecule has 0 radical (unpaired) electrons.